The van der Waals surface area contributed by atoms with E-state index in [-0.39, 0.29) is 18.7 Å². The zero-order valence-corrected chi connectivity index (χ0v) is 20.7. The molecule has 3 aromatic rings. The second-order valence-corrected chi connectivity index (χ2v) is 9.48. The summed E-state index contributed by atoms with van der Waals surface area (Å²) in [5.74, 6) is 0.0686. The molecule has 8 nitrogen and oxygen atoms in total. The fourth-order valence-electron chi connectivity index (χ4n) is 3.86. The van der Waals surface area contributed by atoms with E-state index < -0.39 is 11.4 Å². The van der Waals surface area contributed by atoms with Gasteiger partial charge in [0, 0.05) is 23.5 Å². The first-order chi connectivity index (χ1) is 17.3. The number of amides is 2. The van der Waals surface area contributed by atoms with E-state index in [4.69, 9.17) is 9.47 Å². The zero-order chi connectivity index (χ0) is 25.7. The van der Waals surface area contributed by atoms with Crippen LogP contribution in [0.15, 0.2) is 66.9 Å². The van der Waals surface area contributed by atoms with Gasteiger partial charge in [0.15, 0.2) is 0 Å². The van der Waals surface area contributed by atoms with E-state index in [0.717, 1.165) is 29.7 Å². The van der Waals surface area contributed by atoms with Gasteiger partial charge < -0.3 is 19.9 Å². The molecule has 2 aromatic carbocycles. The third-order valence-electron chi connectivity index (χ3n) is 6.04. The molecule has 2 amide bonds. The fraction of sp³-hybridized carbons (Fsp3) is 0.321. The molecule has 0 saturated carbocycles. The highest BCUT2D eigenvalue weighted by atomic mass is 16.5. The van der Waals surface area contributed by atoms with Crippen LogP contribution in [0.4, 0.5) is 16.2 Å². The second kappa shape index (κ2) is 10.7. The molecule has 2 N–H and O–H groups in total. The zero-order valence-electron chi connectivity index (χ0n) is 20.7. The average molecular weight is 490 g/mol. The molecule has 1 atom stereocenters. The summed E-state index contributed by atoms with van der Waals surface area (Å²) in [7, 11) is 0. The van der Waals surface area contributed by atoms with Crippen LogP contribution in [0.25, 0.3) is 11.1 Å². The first kappa shape index (κ1) is 25.0. The summed E-state index contributed by atoms with van der Waals surface area (Å²) in [5.41, 5.74) is 2.18. The van der Waals surface area contributed by atoms with Crippen molar-refractivity contribution < 1.29 is 24.2 Å². The molecule has 8 heteroatoms. The van der Waals surface area contributed by atoms with E-state index in [0.29, 0.717) is 23.9 Å². The maximum absolute atomic E-state index is 13.1. The Balaban J connectivity index is 1.54. The number of carboxylic acid groups (broad SMARTS) is 1. The van der Waals surface area contributed by atoms with Crippen molar-refractivity contribution in [1.82, 2.24) is 4.98 Å². The van der Waals surface area contributed by atoms with Crippen molar-refractivity contribution in [3.63, 3.8) is 0 Å². The number of aromatic nitrogens is 1. The molecular formula is C28H31N3O5. The monoisotopic (exact) mass is 489 g/mol. The maximum atomic E-state index is 13.1. The molecule has 1 aliphatic rings. The number of hydrogen-bond donors (Lipinski definition) is 2. The Morgan fingerprint density at radius 3 is 2.56 bits per heavy atom. The van der Waals surface area contributed by atoms with Gasteiger partial charge in [-0.1, -0.05) is 37.6 Å². The Morgan fingerprint density at radius 2 is 1.89 bits per heavy atom. The second-order valence-electron chi connectivity index (χ2n) is 9.48. The molecule has 4 rings (SSSR count). The van der Waals surface area contributed by atoms with Crippen molar-refractivity contribution in [3.8, 4) is 22.8 Å². The number of fused-ring (bicyclic) bond motifs is 1. The predicted octanol–water partition coefficient (Wildman–Crippen LogP) is 5.84. The minimum absolute atomic E-state index is 0.0149. The van der Waals surface area contributed by atoms with Crippen molar-refractivity contribution in [3.05, 3.63) is 66.9 Å². The Labute approximate surface area is 210 Å². The van der Waals surface area contributed by atoms with E-state index in [9.17, 15) is 14.7 Å². The van der Waals surface area contributed by atoms with E-state index in [2.05, 4.69) is 17.2 Å². The largest absolute Gasteiger partial charge is 0.486 e. The molecule has 1 aromatic heterocycles. The standard InChI is InChI=1S/C28H31N3O5/c1-4-8-22-17-31(27(34)30-21-9-6-5-7-10-21)23-13-11-19(15-24(23)36-22)20-12-14-25(29-16-20)35-18-28(2,3)26(32)33/h5-7,9-16,22H,4,8,17-18H2,1-3H3,(H,30,34)(H,32,33). The van der Waals surface area contributed by atoms with Crippen LogP contribution in [0.5, 0.6) is 11.6 Å². The molecule has 36 heavy (non-hydrogen) atoms. The lowest BCUT2D eigenvalue weighted by Gasteiger charge is -2.35. The van der Waals surface area contributed by atoms with Gasteiger partial charge in [0.1, 0.15) is 18.5 Å². The van der Waals surface area contributed by atoms with Crippen LogP contribution >= 0.6 is 0 Å². The van der Waals surface area contributed by atoms with Gasteiger partial charge in [-0.15, -0.1) is 0 Å². The van der Waals surface area contributed by atoms with Crippen LogP contribution in [-0.2, 0) is 4.79 Å². The molecular weight excluding hydrogens is 458 g/mol. The van der Waals surface area contributed by atoms with Crippen LogP contribution in [0.3, 0.4) is 0 Å². The van der Waals surface area contributed by atoms with Gasteiger partial charge in [-0.2, -0.15) is 0 Å². The van der Waals surface area contributed by atoms with E-state index >= 15 is 0 Å². The van der Waals surface area contributed by atoms with Crippen molar-refractivity contribution >= 4 is 23.4 Å². The van der Waals surface area contributed by atoms with Crippen LogP contribution in [0, 0.1) is 5.41 Å². The Hall–Kier alpha value is -4.07. The number of para-hydroxylation sites is 1. The molecule has 0 spiro atoms. The van der Waals surface area contributed by atoms with Crippen molar-refractivity contribution in [1.29, 1.82) is 0 Å². The first-order valence-electron chi connectivity index (χ1n) is 12.0. The minimum atomic E-state index is -1.01. The molecule has 188 valence electrons. The van der Waals surface area contributed by atoms with E-state index in [1.807, 2.05) is 54.6 Å². The Bertz CT molecular complexity index is 1210. The SMILES string of the molecule is CCCC1CN(C(=O)Nc2ccccc2)c2ccc(-c3ccc(OCC(C)(C)C(=O)O)nc3)cc2O1. The third-order valence-corrected chi connectivity index (χ3v) is 6.04. The molecule has 0 fully saturated rings. The van der Waals surface area contributed by atoms with Gasteiger partial charge >= 0.3 is 12.0 Å². The number of anilines is 2. The summed E-state index contributed by atoms with van der Waals surface area (Å²) in [6.45, 7) is 5.79. The number of carboxylic acids is 1. The molecule has 1 unspecified atom stereocenters. The lowest BCUT2D eigenvalue weighted by molar-refractivity contribution is -0.148. The number of pyridine rings is 1. The molecule has 0 bridgehead atoms. The van der Waals surface area contributed by atoms with Gasteiger partial charge in [0.05, 0.1) is 17.6 Å². The minimum Gasteiger partial charge on any atom is -0.486 e. The summed E-state index contributed by atoms with van der Waals surface area (Å²) in [4.78, 5) is 30.5. The number of benzene rings is 2. The number of carbonyl (C=O) groups is 2. The number of nitrogens with one attached hydrogen (secondary N) is 1. The number of hydrogen-bond acceptors (Lipinski definition) is 5. The third kappa shape index (κ3) is 5.76. The number of ether oxygens (including phenoxy) is 2. The van der Waals surface area contributed by atoms with Crippen LogP contribution < -0.4 is 19.7 Å². The smallest absolute Gasteiger partial charge is 0.326 e. The topological polar surface area (TPSA) is 101 Å². The highest BCUT2D eigenvalue weighted by Crippen LogP contribution is 2.38. The normalized spacial score (nSPS) is 15.0. The maximum Gasteiger partial charge on any atom is 0.326 e. The highest BCUT2D eigenvalue weighted by Gasteiger charge is 2.30. The van der Waals surface area contributed by atoms with Crippen LogP contribution in [-0.4, -0.2) is 41.3 Å². The molecule has 0 saturated heterocycles. The van der Waals surface area contributed by atoms with Gasteiger partial charge in [-0.25, -0.2) is 9.78 Å². The Morgan fingerprint density at radius 1 is 1.14 bits per heavy atom. The summed E-state index contributed by atoms with van der Waals surface area (Å²) < 4.78 is 11.8. The van der Waals surface area contributed by atoms with E-state index in [1.165, 1.54) is 0 Å². The van der Waals surface area contributed by atoms with Gasteiger partial charge in [0.2, 0.25) is 5.88 Å². The summed E-state index contributed by atoms with van der Waals surface area (Å²) in [5, 5.41) is 12.2. The number of carbonyl (C=O) groups excluding carboxylic acids is 1. The van der Waals surface area contributed by atoms with Gasteiger partial charge in [-0.05, 0) is 56.2 Å². The molecule has 2 heterocycles. The Kier molecular flexibility index (Phi) is 7.43. The summed E-state index contributed by atoms with van der Waals surface area (Å²) in [6.07, 6.45) is 3.35. The van der Waals surface area contributed by atoms with Crippen LogP contribution in [0.1, 0.15) is 33.6 Å². The lowest BCUT2D eigenvalue weighted by Crippen LogP contribution is -2.45. The van der Waals surface area contributed by atoms with Gasteiger partial charge in [-0.3, -0.25) is 9.69 Å². The number of nitrogens with zero attached hydrogens (tertiary/aromatic N) is 2. The van der Waals surface area contributed by atoms with Crippen LogP contribution in [0.2, 0.25) is 0 Å². The first-order valence-corrected chi connectivity index (χ1v) is 12.0. The number of rotatable bonds is 8. The highest BCUT2D eigenvalue weighted by molar-refractivity contribution is 6.03. The number of aliphatic carboxylic acids is 1. The fourth-order valence-corrected chi connectivity index (χ4v) is 3.86. The molecule has 0 radical (unpaired) electrons. The lowest BCUT2D eigenvalue weighted by atomic mass is 9.95. The van der Waals surface area contributed by atoms with Crippen molar-refractivity contribution in [2.75, 3.05) is 23.4 Å². The van der Waals surface area contributed by atoms with Crippen molar-refractivity contribution in [2.24, 2.45) is 5.41 Å². The molecule has 0 aliphatic carbocycles. The van der Waals surface area contributed by atoms with Crippen molar-refractivity contribution in [2.45, 2.75) is 39.7 Å². The van der Waals surface area contributed by atoms with E-state index in [1.54, 1.807) is 31.0 Å². The summed E-state index contributed by atoms with van der Waals surface area (Å²) in [6, 6.07) is 18.5. The summed E-state index contributed by atoms with van der Waals surface area (Å²) >= 11 is 0. The average Bonchev–Trinajstić information content (AvgIpc) is 2.87. The number of urea groups is 1. The van der Waals surface area contributed by atoms with Gasteiger partial charge in [0.25, 0.3) is 0 Å². The molecule has 1 aliphatic heterocycles. The predicted molar refractivity (Wildman–Crippen MR) is 139 cm³/mol. The quantitative estimate of drug-likeness (QED) is 0.412.